The second-order valence-corrected chi connectivity index (χ2v) is 4.80. The van der Waals surface area contributed by atoms with E-state index < -0.39 is 6.10 Å². The zero-order valence-corrected chi connectivity index (χ0v) is 12.2. The molecule has 2 aromatic carbocycles. The van der Waals surface area contributed by atoms with Gasteiger partial charge in [0, 0.05) is 5.02 Å². The third-order valence-corrected chi connectivity index (χ3v) is 2.94. The minimum absolute atomic E-state index is 0.322. The molecule has 0 aliphatic carbocycles. The highest BCUT2D eigenvalue weighted by Crippen LogP contribution is 2.16. The monoisotopic (exact) mass is 302 g/mol. The number of hydrazone groups is 1. The lowest BCUT2D eigenvalue weighted by Crippen LogP contribution is -2.33. The Bertz CT molecular complexity index is 612. The van der Waals surface area contributed by atoms with Gasteiger partial charge in [0.2, 0.25) is 0 Å². The molecule has 21 heavy (non-hydrogen) atoms. The first-order valence-corrected chi connectivity index (χ1v) is 6.83. The minimum Gasteiger partial charge on any atom is -0.481 e. The Labute approximate surface area is 128 Å². The number of hydrogen-bond donors (Lipinski definition) is 1. The van der Waals surface area contributed by atoms with E-state index in [1.165, 1.54) is 0 Å². The van der Waals surface area contributed by atoms with Gasteiger partial charge in [-0.2, -0.15) is 5.10 Å². The molecule has 0 saturated carbocycles. The molecular weight excluding hydrogens is 288 g/mol. The first-order chi connectivity index (χ1) is 10.1. The van der Waals surface area contributed by atoms with Crippen molar-refractivity contribution in [2.24, 2.45) is 5.10 Å². The normalized spacial score (nSPS) is 12.1. The van der Waals surface area contributed by atoms with Crippen LogP contribution in [-0.4, -0.2) is 18.2 Å². The van der Waals surface area contributed by atoms with Crippen LogP contribution in [0.3, 0.4) is 0 Å². The van der Waals surface area contributed by atoms with Crippen LogP contribution in [0.25, 0.3) is 0 Å². The molecule has 0 fully saturated rings. The summed E-state index contributed by atoms with van der Waals surface area (Å²) < 4.78 is 5.49. The predicted molar refractivity (Wildman–Crippen MR) is 83.7 cm³/mol. The van der Waals surface area contributed by atoms with Crippen LogP contribution in [0, 0.1) is 0 Å². The molecule has 0 spiro atoms. The Morgan fingerprint density at radius 1 is 1.19 bits per heavy atom. The average Bonchev–Trinajstić information content (AvgIpc) is 2.50. The van der Waals surface area contributed by atoms with Crippen LogP contribution in [-0.2, 0) is 4.79 Å². The van der Waals surface area contributed by atoms with E-state index in [9.17, 15) is 4.79 Å². The SMILES string of the molecule is C[C@H](Oc1ccc(Cl)cc1)C(=O)NN=Cc1ccccc1. The zero-order chi connectivity index (χ0) is 15.1. The number of carbonyl (C=O) groups excluding carboxylic acids is 1. The van der Waals surface area contributed by atoms with E-state index in [-0.39, 0.29) is 5.91 Å². The maximum Gasteiger partial charge on any atom is 0.280 e. The van der Waals surface area contributed by atoms with Crippen molar-refractivity contribution < 1.29 is 9.53 Å². The lowest BCUT2D eigenvalue weighted by atomic mass is 10.2. The van der Waals surface area contributed by atoms with E-state index in [0.29, 0.717) is 10.8 Å². The molecule has 1 N–H and O–H groups in total. The molecule has 2 rings (SSSR count). The molecule has 5 heteroatoms. The Morgan fingerprint density at radius 3 is 2.52 bits per heavy atom. The summed E-state index contributed by atoms with van der Waals surface area (Å²) in [4.78, 5) is 11.8. The molecule has 2 aromatic rings. The van der Waals surface area contributed by atoms with Crippen LogP contribution in [0.15, 0.2) is 59.7 Å². The molecule has 0 heterocycles. The standard InChI is InChI=1S/C16H15ClN2O2/c1-12(21-15-9-7-14(17)8-10-15)16(20)19-18-11-13-5-3-2-4-6-13/h2-12H,1H3,(H,19,20)/t12-/m0/s1. The molecule has 4 nitrogen and oxygen atoms in total. The second-order valence-electron chi connectivity index (χ2n) is 4.36. The summed E-state index contributed by atoms with van der Waals surface area (Å²) in [6.07, 6.45) is 0.923. The van der Waals surface area contributed by atoms with E-state index in [4.69, 9.17) is 16.3 Å². The molecule has 0 saturated heterocycles. The largest absolute Gasteiger partial charge is 0.481 e. The quantitative estimate of drug-likeness (QED) is 0.681. The van der Waals surface area contributed by atoms with Crippen LogP contribution >= 0.6 is 11.6 Å². The number of nitrogens with zero attached hydrogens (tertiary/aromatic N) is 1. The third kappa shape index (κ3) is 4.93. The van der Waals surface area contributed by atoms with Gasteiger partial charge in [-0.25, -0.2) is 5.43 Å². The van der Waals surface area contributed by atoms with Crippen LogP contribution in [0.2, 0.25) is 5.02 Å². The molecule has 0 unspecified atom stereocenters. The Hall–Kier alpha value is -2.33. The fourth-order valence-corrected chi connectivity index (χ4v) is 1.70. The maximum absolute atomic E-state index is 11.8. The predicted octanol–water partition coefficient (Wildman–Crippen LogP) is 3.26. The molecule has 0 aliphatic heterocycles. The number of halogens is 1. The van der Waals surface area contributed by atoms with Gasteiger partial charge in [0.1, 0.15) is 5.75 Å². The molecule has 0 radical (unpaired) electrons. The van der Waals surface area contributed by atoms with Crippen LogP contribution in [0.5, 0.6) is 5.75 Å². The Kier molecular flexibility index (Phi) is 5.35. The molecule has 0 aromatic heterocycles. The number of nitrogens with one attached hydrogen (secondary N) is 1. The summed E-state index contributed by atoms with van der Waals surface area (Å²) in [7, 11) is 0. The maximum atomic E-state index is 11.8. The number of benzene rings is 2. The molecular formula is C16H15ClN2O2. The highest BCUT2D eigenvalue weighted by Gasteiger charge is 2.13. The first kappa shape index (κ1) is 15.1. The van der Waals surface area contributed by atoms with E-state index in [0.717, 1.165) is 5.56 Å². The van der Waals surface area contributed by atoms with E-state index >= 15 is 0 Å². The molecule has 1 amide bonds. The Morgan fingerprint density at radius 2 is 1.86 bits per heavy atom. The smallest absolute Gasteiger partial charge is 0.280 e. The summed E-state index contributed by atoms with van der Waals surface area (Å²) in [5, 5.41) is 4.51. The highest BCUT2D eigenvalue weighted by atomic mass is 35.5. The van der Waals surface area contributed by atoms with Crippen LogP contribution < -0.4 is 10.2 Å². The van der Waals surface area contributed by atoms with Gasteiger partial charge in [0.25, 0.3) is 5.91 Å². The summed E-state index contributed by atoms with van der Waals surface area (Å²) in [6.45, 7) is 1.65. The van der Waals surface area contributed by atoms with Gasteiger partial charge in [-0.15, -0.1) is 0 Å². The van der Waals surface area contributed by atoms with Crippen molar-refractivity contribution in [3.8, 4) is 5.75 Å². The van der Waals surface area contributed by atoms with Crippen molar-refractivity contribution in [3.05, 3.63) is 65.2 Å². The van der Waals surface area contributed by atoms with Gasteiger partial charge < -0.3 is 4.74 Å². The molecule has 0 bridgehead atoms. The van der Waals surface area contributed by atoms with E-state index in [2.05, 4.69) is 10.5 Å². The van der Waals surface area contributed by atoms with Crippen molar-refractivity contribution >= 4 is 23.7 Å². The van der Waals surface area contributed by atoms with Gasteiger partial charge in [0.15, 0.2) is 6.10 Å². The van der Waals surface area contributed by atoms with Gasteiger partial charge in [-0.3, -0.25) is 4.79 Å². The second kappa shape index (κ2) is 7.45. The third-order valence-electron chi connectivity index (χ3n) is 2.68. The van der Waals surface area contributed by atoms with E-state index in [1.54, 1.807) is 37.4 Å². The highest BCUT2D eigenvalue weighted by molar-refractivity contribution is 6.30. The first-order valence-electron chi connectivity index (χ1n) is 6.45. The van der Waals surface area contributed by atoms with Crippen molar-refractivity contribution in [2.75, 3.05) is 0 Å². The van der Waals surface area contributed by atoms with Crippen molar-refractivity contribution in [3.63, 3.8) is 0 Å². The summed E-state index contributed by atoms with van der Waals surface area (Å²) in [5.41, 5.74) is 3.35. The summed E-state index contributed by atoms with van der Waals surface area (Å²) in [6, 6.07) is 16.3. The number of carbonyl (C=O) groups is 1. The molecule has 108 valence electrons. The summed E-state index contributed by atoms with van der Waals surface area (Å²) >= 11 is 5.78. The van der Waals surface area contributed by atoms with Gasteiger partial charge in [0.05, 0.1) is 6.21 Å². The lowest BCUT2D eigenvalue weighted by Gasteiger charge is -2.12. The van der Waals surface area contributed by atoms with Gasteiger partial charge in [-0.05, 0) is 36.8 Å². The zero-order valence-electron chi connectivity index (χ0n) is 11.5. The van der Waals surface area contributed by atoms with Crippen LogP contribution in [0.4, 0.5) is 0 Å². The van der Waals surface area contributed by atoms with Crippen LogP contribution in [0.1, 0.15) is 12.5 Å². The Balaban J connectivity index is 1.85. The lowest BCUT2D eigenvalue weighted by molar-refractivity contribution is -0.127. The van der Waals surface area contributed by atoms with Gasteiger partial charge >= 0.3 is 0 Å². The number of rotatable bonds is 5. The van der Waals surface area contributed by atoms with Crippen molar-refractivity contribution in [1.29, 1.82) is 0 Å². The fraction of sp³-hybridized carbons (Fsp3) is 0.125. The fourth-order valence-electron chi connectivity index (χ4n) is 1.57. The topological polar surface area (TPSA) is 50.7 Å². The van der Waals surface area contributed by atoms with E-state index in [1.807, 2.05) is 30.3 Å². The number of hydrogen-bond acceptors (Lipinski definition) is 3. The van der Waals surface area contributed by atoms with Crippen molar-refractivity contribution in [1.82, 2.24) is 5.43 Å². The molecule has 0 aliphatic rings. The number of ether oxygens (including phenoxy) is 1. The average molecular weight is 303 g/mol. The van der Waals surface area contributed by atoms with Gasteiger partial charge in [-0.1, -0.05) is 41.9 Å². The summed E-state index contributed by atoms with van der Waals surface area (Å²) in [5.74, 6) is 0.256. The number of amides is 1. The van der Waals surface area contributed by atoms with Crippen molar-refractivity contribution in [2.45, 2.75) is 13.0 Å². The molecule has 1 atom stereocenters. The minimum atomic E-state index is -0.654.